The molecule has 6 atom stereocenters. The van der Waals surface area contributed by atoms with Crippen molar-refractivity contribution in [2.75, 3.05) is 49.1 Å². The predicted molar refractivity (Wildman–Crippen MR) is 290 cm³/mol. The lowest BCUT2D eigenvalue weighted by Gasteiger charge is -2.44. The Morgan fingerprint density at radius 1 is 0.667 bits per heavy atom. The Morgan fingerprint density at radius 3 is 1.54 bits per heavy atom. The van der Waals surface area contributed by atoms with Gasteiger partial charge in [0.05, 0.1) is 65.7 Å². The van der Waals surface area contributed by atoms with Gasteiger partial charge in [-0.2, -0.15) is 4.89 Å². The molecule has 2 saturated heterocycles. The lowest BCUT2D eigenvalue weighted by Crippen LogP contribution is -2.61. The van der Waals surface area contributed by atoms with Crippen LogP contribution in [0.3, 0.4) is 0 Å². The summed E-state index contributed by atoms with van der Waals surface area (Å²) in [6.45, 7) is 13.9. The maximum atomic E-state index is 13.8. The van der Waals surface area contributed by atoms with E-state index < -0.39 is 90.5 Å². The van der Waals surface area contributed by atoms with Crippen LogP contribution >= 0.6 is 23.5 Å². The highest BCUT2D eigenvalue weighted by molar-refractivity contribution is 8.04. The SMILES string of the molecule is C=CCOC(=O)C1=C(CN2c3cccc4c(CCC)ccc(c34)S2(=O)=O)SC2C(C(C)C(=O)OOC)C(=O)N12.C=CCOC(=O)C1=C(CN2c3cccc4c(CCC)ccc(c34)S2(=O)=O)SC2C(C(C)OC(=O)OC)C(=O)N12. The van der Waals surface area contributed by atoms with E-state index in [1.54, 1.807) is 38.1 Å². The molecule has 0 aliphatic carbocycles. The number of β-lactam (4-membered cyclic amide) rings is 2. The number of hydrogen-bond acceptors (Lipinski definition) is 18. The normalized spacial score (nSPS) is 21.5. The average molecular weight is 1150 g/mol. The van der Waals surface area contributed by atoms with Crippen LogP contribution in [0.25, 0.3) is 21.5 Å². The van der Waals surface area contributed by atoms with Gasteiger partial charge in [0, 0.05) is 20.6 Å². The summed E-state index contributed by atoms with van der Waals surface area (Å²) in [4.78, 5) is 89.3. The number of methoxy groups -OCH3 is 1. The summed E-state index contributed by atoms with van der Waals surface area (Å²) in [5.74, 6) is -5.50. The zero-order valence-corrected chi connectivity index (χ0v) is 46.7. The second kappa shape index (κ2) is 22.1. The average Bonchev–Trinajstić information content (AvgIpc) is 4.09. The molecule has 78 heavy (non-hydrogen) atoms. The zero-order valence-electron chi connectivity index (χ0n) is 43.4. The highest BCUT2D eigenvalue weighted by Gasteiger charge is 2.61. The van der Waals surface area contributed by atoms with Crippen LogP contribution in [0.1, 0.15) is 51.7 Å². The molecular weight excluding hydrogens is 1090 g/mol. The van der Waals surface area contributed by atoms with Gasteiger partial charge in [-0.15, -0.1) is 0 Å². The van der Waals surface area contributed by atoms with Gasteiger partial charge in [0.15, 0.2) is 0 Å². The fourth-order valence-electron chi connectivity index (χ4n) is 10.6. The summed E-state index contributed by atoms with van der Waals surface area (Å²) < 4.78 is 77.8. The van der Waals surface area contributed by atoms with Crippen LogP contribution in [0.15, 0.2) is 117 Å². The number of ether oxygens (including phenoxy) is 4. The first-order valence-electron chi connectivity index (χ1n) is 25.0. The predicted octanol–water partition coefficient (Wildman–Crippen LogP) is 7.46. The lowest BCUT2D eigenvalue weighted by molar-refractivity contribution is -0.260. The smallest absolute Gasteiger partial charge is 0.457 e. The largest absolute Gasteiger partial charge is 0.508 e. The summed E-state index contributed by atoms with van der Waals surface area (Å²) in [5, 5.41) is 1.89. The van der Waals surface area contributed by atoms with E-state index in [0.29, 0.717) is 32.0 Å². The highest BCUT2D eigenvalue weighted by Crippen LogP contribution is 2.55. The monoisotopic (exact) mass is 1140 g/mol. The molecule has 0 N–H and O–H groups in total. The second-order valence-electron chi connectivity index (χ2n) is 18.8. The van der Waals surface area contributed by atoms with Crippen molar-refractivity contribution in [1.82, 2.24) is 9.80 Å². The number of fused-ring (bicyclic) bond motifs is 2. The molecule has 24 heteroatoms. The number of esters is 2. The number of nitrogens with zero attached hydrogens (tertiary/aromatic N) is 4. The Labute approximate surface area is 459 Å². The second-order valence-corrected chi connectivity index (χ2v) is 24.9. The molecule has 0 radical (unpaired) electrons. The molecule has 2 amide bonds. The highest BCUT2D eigenvalue weighted by atomic mass is 32.2. The van der Waals surface area contributed by atoms with Crippen LogP contribution in [0.2, 0.25) is 0 Å². The quantitative estimate of drug-likeness (QED) is 0.0221. The van der Waals surface area contributed by atoms with Crippen molar-refractivity contribution in [2.45, 2.75) is 80.0 Å². The van der Waals surface area contributed by atoms with E-state index in [9.17, 15) is 45.6 Å². The number of benzene rings is 4. The molecule has 4 aromatic carbocycles. The molecule has 412 valence electrons. The van der Waals surface area contributed by atoms with Crippen molar-refractivity contribution in [3.63, 3.8) is 0 Å². The molecule has 0 bridgehead atoms. The standard InChI is InChI=1S/2C27H28N2O8S2/c1-5-8-16-11-12-20-22-17(16)9-7-10-18(22)28(39(20,33)34)14-19-23(26(31)36-13-6-2)29-24(30)21(25(29)38-19)15(3)37-27(32)35-4;1-5-8-16-11-12-20-22-17(16)9-7-10-18(22)28(39(20,33)34)14-19-23(27(32)36-13-6-2)29-24(30)21(25(29)38-19)15(3)26(31)37-35-4/h2*6-7,9-12,15,21,25H,2,5,8,13-14H2,1,3-4H3. The van der Waals surface area contributed by atoms with E-state index in [1.165, 1.54) is 68.3 Å². The number of hydrogen-bond donors (Lipinski definition) is 0. The molecule has 0 spiro atoms. The Balaban J connectivity index is 0.000000190. The van der Waals surface area contributed by atoms with Crippen LogP contribution in [-0.2, 0) is 85.6 Å². The molecule has 20 nitrogen and oxygen atoms in total. The maximum Gasteiger partial charge on any atom is 0.508 e. The van der Waals surface area contributed by atoms with Gasteiger partial charge in [0.25, 0.3) is 20.0 Å². The van der Waals surface area contributed by atoms with Crippen molar-refractivity contribution < 1.29 is 74.3 Å². The van der Waals surface area contributed by atoms with Crippen LogP contribution in [0.5, 0.6) is 0 Å². The van der Waals surface area contributed by atoms with Gasteiger partial charge >= 0.3 is 24.1 Å². The molecular formula is C54H56N4O16S4. The number of aryl methyl sites for hydroxylation is 2. The Morgan fingerprint density at radius 2 is 1.12 bits per heavy atom. The van der Waals surface area contributed by atoms with E-state index in [1.807, 2.05) is 36.4 Å². The molecule has 10 rings (SSSR count). The first kappa shape index (κ1) is 55.9. The number of amides is 2. The fraction of sp³-hybridized carbons (Fsp3) is 0.370. The number of anilines is 2. The van der Waals surface area contributed by atoms with E-state index in [2.05, 4.69) is 41.5 Å². The number of thioether (sulfide) groups is 2. The molecule has 4 aromatic rings. The zero-order chi connectivity index (χ0) is 56.1. The topological polar surface area (TPSA) is 239 Å². The fourth-order valence-corrected chi connectivity index (χ4v) is 17.3. The van der Waals surface area contributed by atoms with Gasteiger partial charge < -0.3 is 18.9 Å². The number of sulfonamides is 2. The van der Waals surface area contributed by atoms with Crippen molar-refractivity contribution >= 4 is 112 Å². The van der Waals surface area contributed by atoms with Gasteiger partial charge in [-0.25, -0.2) is 36.0 Å². The molecule has 0 aromatic heterocycles. The van der Waals surface area contributed by atoms with E-state index in [0.717, 1.165) is 47.6 Å². The van der Waals surface area contributed by atoms with E-state index in [4.69, 9.17) is 14.2 Å². The molecule has 6 aliphatic heterocycles. The van der Waals surface area contributed by atoms with Gasteiger partial charge in [-0.3, -0.25) is 32.9 Å². The Hall–Kier alpha value is -6.86. The molecule has 0 saturated carbocycles. The maximum absolute atomic E-state index is 13.8. The molecule has 6 aliphatic rings. The number of rotatable bonds is 19. The van der Waals surface area contributed by atoms with E-state index in [-0.39, 0.29) is 47.5 Å². The van der Waals surface area contributed by atoms with Gasteiger partial charge in [0.1, 0.15) is 42.0 Å². The minimum absolute atomic E-state index is 0.0108. The lowest BCUT2D eigenvalue weighted by atomic mass is 9.85. The first-order chi connectivity index (χ1) is 37.3. The summed E-state index contributed by atoms with van der Waals surface area (Å²) in [7, 11) is -5.51. The first-order valence-corrected chi connectivity index (χ1v) is 29.6. The third-order valence-corrected chi connectivity index (χ3v) is 20.5. The van der Waals surface area contributed by atoms with E-state index >= 15 is 0 Å². The van der Waals surface area contributed by atoms with Crippen molar-refractivity contribution in [3.05, 3.63) is 118 Å². The van der Waals surface area contributed by atoms with Crippen LogP contribution < -0.4 is 8.61 Å². The van der Waals surface area contributed by atoms with Gasteiger partial charge in [-0.05, 0) is 65.9 Å². The van der Waals surface area contributed by atoms with Gasteiger partial charge in [-0.1, -0.05) is 119 Å². The minimum Gasteiger partial charge on any atom is -0.457 e. The van der Waals surface area contributed by atoms with Crippen LogP contribution in [0.4, 0.5) is 16.2 Å². The van der Waals surface area contributed by atoms with Gasteiger partial charge in [0.2, 0.25) is 11.8 Å². The number of carbonyl (C=O) groups is 6. The molecule has 2 fully saturated rings. The third-order valence-electron chi connectivity index (χ3n) is 14.2. The minimum atomic E-state index is -3.94. The summed E-state index contributed by atoms with van der Waals surface area (Å²) >= 11 is 2.37. The Kier molecular flexibility index (Phi) is 15.8. The number of carbonyl (C=O) groups excluding carboxylic acids is 6. The van der Waals surface area contributed by atoms with Crippen molar-refractivity contribution in [2.24, 2.45) is 17.8 Å². The van der Waals surface area contributed by atoms with Crippen molar-refractivity contribution in [1.29, 1.82) is 0 Å². The summed E-state index contributed by atoms with van der Waals surface area (Å²) in [6, 6.07) is 18.0. The molecule has 6 unspecified atom stereocenters. The summed E-state index contributed by atoms with van der Waals surface area (Å²) in [6.07, 6.45) is 4.51. The molecule has 6 heterocycles. The van der Waals surface area contributed by atoms with Crippen LogP contribution in [0, 0.1) is 17.8 Å². The Bertz CT molecular complexity index is 3530. The third kappa shape index (κ3) is 9.27. The summed E-state index contributed by atoms with van der Waals surface area (Å²) in [5.41, 5.74) is 3.13. The van der Waals surface area contributed by atoms with Crippen molar-refractivity contribution in [3.8, 4) is 0 Å². The van der Waals surface area contributed by atoms with Crippen LogP contribution in [-0.4, -0.2) is 120 Å².